The Morgan fingerprint density at radius 2 is 1.95 bits per heavy atom. The number of ether oxygens (including phenoxy) is 1. The average molecular weight is 283 g/mol. The molecule has 0 bridgehead atoms. The van der Waals surface area contributed by atoms with E-state index in [1.54, 1.807) is 0 Å². The molecule has 20 heavy (non-hydrogen) atoms. The zero-order chi connectivity index (χ0) is 14.5. The minimum Gasteiger partial charge on any atom is -0.479 e. The van der Waals surface area contributed by atoms with Crippen molar-refractivity contribution in [2.45, 2.75) is 76.5 Å². The number of amides is 1. The number of carbonyl (C=O) groups excluding carboxylic acids is 1. The molecule has 2 aliphatic rings. The molecule has 1 aliphatic heterocycles. The summed E-state index contributed by atoms with van der Waals surface area (Å²) in [5, 5.41) is 12.0. The van der Waals surface area contributed by atoms with Crippen molar-refractivity contribution in [2.75, 3.05) is 0 Å². The summed E-state index contributed by atoms with van der Waals surface area (Å²) in [7, 11) is 0. The molecule has 0 spiro atoms. The van der Waals surface area contributed by atoms with Crippen LogP contribution in [-0.2, 0) is 14.3 Å². The molecule has 2 rings (SSSR count). The van der Waals surface area contributed by atoms with Gasteiger partial charge in [0.15, 0.2) is 6.10 Å². The molecule has 5 heteroatoms. The summed E-state index contributed by atoms with van der Waals surface area (Å²) in [5.41, 5.74) is 0. The van der Waals surface area contributed by atoms with Gasteiger partial charge in [0.1, 0.15) is 6.10 Å². The molecular weight excluding hydrogens is 258 g/mol. The van der Waals surface area contributed by atoms with Gasteiger partial charge in [0, 0.05) is 6.04 Å². The third-order valence-corrected chi connectivity index (χ3v) is 4.50. The van der Waals surface area contributed by atoms with E-state index in [4.69, 9.17) is 9.84 Å². The maximum absolute atomic E-state index is 12.2. The highest BCUT2D eigenvalue weighted by Crippen LogP contribution is 2.32. The molecule has 0 aromatic heterocycles. The summed E-state index contributed by atoms with van der Waals surface area (Å²) < 4.78 is 5.31. The Hall–Kier alpha value is -1.10. The van der Waals surface area contributed by atoms with Crippen molar-refractivity contribution in [3.8, 4) is 0 Å². The van der Waals surface area contributed by atoms with E-state index in [9.17, 15) is 9.59 Å². The van der Waals surface area contributed by atoms with E-state index >= 15 is 0 Å². The van der Waals surface area contributed by atoms with Crippen LogP contribution in [0.2, 0.25) is 0 Å². The van der Waals surface area contributed by atoms with Gasteiger partial charge in [0.25, 0.3) is 0 Å². The van der Waals surface area contributed by atoms with E-state index in [2.05, 4.69) is 12.2 Å². The van der Waals surface area contributed by atoms with Gasteiger partial charge in [-0.3, -0.25) is 4.79 Å². The molecule has 1 saturated heterocycles. The van der Waals surface area contributed by atoms with Crippen molar-refractivity contribution >= 4 is 11.9 Å². The third-order valence-electron chi connectivity index (χ3n) is 4.50. The quantitative estimate of drug-likeness (QED) is 0.750. The summed E-state index contributed by atoms with van der Waals surface area (Å²) >= 11 is 0. The maximum atomic E-state index is 12.2. The minimum absolute atomic E-state index is 0.123. The van der Waals surface area contributed by atoms with E-state index in [1.165, 1.54) is 19.3 Å². The van der Waals surface area contributed by atoms with Crippen LogP contribution in [0.25, 0.3) is 0 Å². The number of rotatable bonds is 7. The number of carbonyl (C=O) groups is 2. The van der Waals surface area contributed by atoms with Gasteiger partial charge in [-0.25, -0.2) is 4.79 Å². The number of hydrogen-bond donors (Lipinski definition) is 2. The van der Waals surface area contributed by atoms with E-state index in [0.717, 1.165) is 19.3 Å². The number of nitrogens with one attached hydrogen (secondary N) is 1. The van der Waals surface area contributed by atoms with Crippen molar-refractivity contribution in [1.82, 2.24) is 5.32 Å². The van der Waals surface area contributed by atoms with Crippen molar-refractivity contribution < 1.29 is 19.4 Å². The molecule has 1 amide bonds. The summed E-state index contributed by atoms with van der Waals surface area (Å²) in [4.78, 5) is 23.0. The summed E-state index contributed by atoms with van der Waals surface area (Å²) in [6, 6.07) is 0.240. The number of carboxylic acid groups (broad SMARTS) is 1. The van der Waals surface area contributed by atoms with Crippen molar-refractivity contribution in [3.63, 3.8) is 0 Å². The van der Waals surface area contributed by atoms with Crippen LogP contribution in [0.4, 0.5) is 0 Å². The molecule has 1 aliphatic carbocycles. The smallest absolute Gasteiger partial charge is 0.332 e. The molecule has 1 unspecified atom stereocenters. The number of hydrogen-bond acceptors (Lipinski definition) is 3. The first-order valence-corrected chi connectivity index (χ1v) is 7.80. The van der Waals surface area contributed by atoms with Gasteiger partial charge in [0.05, 0.1) is 0 Å². The molecule has 2 N–H and O–H groups in total. The Kier molecular flexibility index (Phi) is 5.40. The second-order valence-electron chi connectivity index (χ2n) is 5.98. The first-order valence-electron chi connectivity index (χ1n) is 7.80. The van der Waals surface area contributed by atoms with Crippen molar-refractivity contribution in [3.05, 3.63) is 0 Å². The molecule has 5 nitrogen and oxygen atoms in total. The number of carboxylic acids is 1. The van der Waals surface area contributed by atoms with Crippen LogP contribution < -0.4 is 5.32 Å². The second kappa shape index (κ2) is 7.07. The van der Waals surface area contributed by atoms with Crippen LogP contribution in [0.3, 0.4) is 0 Å². The highest BCUT2D eigenvalue weighted by atomic mass is 16.5. The zero-order valence-corrected chi connectivity index (χ0v) is 12.1. The Morgan fingerprint density at radius 3 is 2.45 bits per heavy atom. The molecule has 2 fully saturated rings. The van der Waals surface area contributed by atoms with E-state index < -0.39 is 18.2 Å². The standard InChI is InChI=1S/C15H25NO4/c1-2-3-7-11(10-5-4-6-10)16-14(17)12-8-9-13(20-12)15(18)19/h10-13H,2-9H2,1H3,(H,16,17)(H,18,19)/t11?,12-,13+/m0/s1. The molecule has 114 valence electrons. The molecular formula is C15H25NO4. The normalized spacial score (nSPS) is 27.9. The summed E-state index contributed by atoms with van der Waals surface area (Å²) in [6.07, 6.45) is 6.43. The van der Waals surface area contributed by atoms with Crippen LogP contribution in [0.5, 0.6) is 0 Å². The van der Waals surface area contributed by atoms with Gasteiger partial charge in [0.2, 0.25) is 5.91 Å². The minimum atomic E-state index is -0.971. The lowest BCUT2D eigenvalue weighted by atomic mass is 9.78. The van der Waals surface area contributed by atoms with Gasteiger partial charge in [-0.15, -0.1) is 0 Å². The van der Waals surface area contributed by atoms with Crippen LogP contribution >= 0.6 is 0 Å². The SMILES string of the molecule is CCCCC(NC(=O)[C@@H]1CC[C@H](C(=O)O)O1)C1CCC1. The molecule has 3 atom stereocenters. The van der Waals surface area contributed by atoms with Gasteiger partial charge in [-0.05, 0) is 38.0 Å². The maximum Gasteiger partial charge on any atom is 0.332 e. The fourth-order valence-electron chi connectivity index (χ4n) is 2.98. The fourth-order valence-corrected chi connectivity index (χ4v) is 2.98. The van der Waals surface area contributed by atoms with Gasteiger partial charge >= 0.3 is 5.97 Å². The average Bonchev–Trinajstić information content (AvgIpc) is 2.83. The zero-order valence-electron chi connectivity index (χ0n) is 12.1. The highest BCUT2D eigenvalue weighted by Gasteiger charge is 2.36. The second-order valence-corrected chi connectivity index (χ2v) is 5.98. The fraction of sp³-hybridized carbons (Fsp3) is 0.867. The molecule has 1 saturated carbocycles. The van der Waals surface area contributed by atoms with E-state index in [1.807, 2.05) is 0 Å². The number of unbranched alkanes of at least 4 members (excludes halogenated alkanes) is 1. The molecule has 0 radical (unpaired) electrons. The lowest BCUT2D eigenvalue weighted by Crippen LogP contribution is -2.47. The monoisotopic (exact) mass is 283 g/mol. The summed E-state index contributed by atoms with van der Waals surface area (Å²) in [5.74, 6) is -0.495. The lowest BCUT2D eigenvalue weighted by Gasteiger charge is -2.35. The first kappa shape index (κ1) is 15.3. The topological polar surface area (TPSA) is 75.6 Å². The number of aliphatic carboxylic acids is 1. The third kappa shape index (κ3) is 3.72. The van der Waals surface area contributed by atoms with E-state index in [-0.39, 0.29) is 11.9 Å². The van der Waals surface area contributed by atoms with Gasteiger partial charge < -0.3 is 15.2 Å². The lowest BCUT2D eigenvalue weighted by molar-refractivity contribution is -0.152. The largest absolute Gasteiger partial charge is 0.479 e. The van der Waals surface area contributed by atoms with Crippen molar-refractivity contribution in [1.29, 1.82) is 0 Å². The molecule has 0 aromatic rings. The van der Waals surface area contributed by atoms with Crippen LogP contribution in [0, 0.1) is 5.92 Å². The highest BCUT2D eigenvalue weighted by molar-refractivity contribution is 5.82. The van der Waals surface area contributed by atoms with Crippen molar-refractivity contribution in [2.24, 2.45) is 5.92 Å². The van der Waals surface area contributed by atoms with Gasteiger partial charge in [-0.1, -0.05) is 26.2 Å². The Labute approximate surface area is 120 Å². The van der Waals surface area contributed by atoms with Crippen LogP contribution in [0.15, 0.2) is 0 Å². The summed E-state index contributed by atoms with van der Waals surface area (Å²) in [6.45, 7) is 2.15. The Morgan fingerprint density at radius 1 is 1.25 bits per heavy atom. The Balaban J connectivity index is 1.83. The predicted molar refractivity (Wildman–Crippen MR) is 74.3 cm³/mol. The first-order chi connectivity index (χ1) is 9.61. The predicted octanol–water partition coefficient (Wildman–Crippen LogP) is 2.09. The van der Waals surface area contributed by atoms with Crippen LogP contribution in [0.1, 0.15) is 58.3 Å². The van der Waals surface area contributed by atoms with Crippen LogP contribution in [-0.4, -0.2) is 35.2 Å². The molecule has 0 aromatic carbocycles. The van der Waals surface area contributed by atoms with Gasteiger partial charge in [-0.2, -0.15) is 0 Å². The Bertz CT molecular complexity index is 354. The van der Waals surface area contributed by atoms with E-state index in [0.29, 0.717) is 18.8 Å². The molecule has 1 heterocycles.